The quantitative estimate of drug-likeness (QED) is 0.134. The Bertz CT molecular complexity index is 2660. The van der Waals surface area contributed by atoms with Crippen LogP contribution in [-0.2, 0) is 4.16 Å². The lowest BCUT2D eigenvalue weighted by molar-refractivity contribution is 0.451. The molecule has 46 heavy (non-hydrogen) atoms. The van der Waals surface area contributed by atoms with E-state index < -0.39 is 48.6 Å². The molecule has 0 amide bonds. The van der Waals surface area contributed by atoms with E-state index in [9.17, 15) is 8.55 Å². The molecule has 1 radical (unpaired) electrons. The molecule has 4 aromatic carbocycles. The number of nitrogens with zero attached hydrogens (tertiary/aromatic N) is 6. The molecule has 14 heteroatoms. The van der Waals surface area contributed by atoms with Gasteiger partial charge >= 0.3 is 15.6 Å². The Morgan fingerprint density at radius 2 is 1.02 bits per heavy atom. The summed E-state index contributed by atoms with van der Waals surface area (Å²) in [5.74, 6) is -5.31. The van der Waals surface area contributed by atoms with Crippen molar-refractivity contribution in [1.82, 2.24) is 39.9 Å². The largest absolute Gasteiger partial charge is 0.524 e. The van der Waals surface area contributed by atoms with Crippen molar-refractivity contribution in [3.63, 3.8) is 0 Å². The van der Waals surface area contributed by atoms with Gasteiger partial charge in [-0.1, -0.05) is 60.7 Å². The molecule has 5 heterocycles. The van der Waals surface area contributed by atoms with Gasteiger partial charge in [-0.2, -0.15) is 0 Å². The Morgan fingerprint density at radius 3 is 1.70 bits per heavy atom. The Hall–Kier alpha value is -5.55. The fourth-order valence-electron chi connectivity index (χ4n) is 6.06. The average molecular weight is 629 g/mol. The summed E-state index contributed by atoms with van der Waals surface area (Å²) < 4.78 is 72.7. The lowest BCUT2D eigenvalue weighted by Gasteiger charge is -2.04. The molecule has 0 fully saturated rings. The summed E-state index contributed by atoms with van der Waals surface area (Å²) in [6, 6.07) is 18.9. The molecular formula is C32H14AlF4N8O. The van der Waals surface area contributed by atoms with Gasteiger partial charge in [0.1, 0.15) is 28.4 Å². The fraction of sp³-hybridized carbons (Fsp3) is 0. The molecule has 9 nitrogen and oxygen atoms in total. The highest BCUT2D eigenvalue weighted by Crippen LogP contribution is 2.38. The molecular weight excluding hydrogens is 615 g/mol. The molecule has 0 atom stereocenters. The Balaban J connectivity index is 1.55. The van der Waals surface area contributed by atoms with E-state index in [1.807, 2.05) is 24.3 Å². The van der Waals surface area contributed by atoms with Gasteiger partial charge in [0, 0.05) is 32.8 Å². The molecule has 9 rings (SSSR count). The molecule has 7 aromatic rings. The number of nitrogens with one attached hydrogen (secondary N) is 2. The number of aromatic amines is 2. The van der Waals surface area contributed by atoms with Crippen molar-refractivity contribution in [2.75, 3.05) is 0 Å². The molecule has 0 spiro atoms. The molecule has 3 aromatic heterocycles. The zero-order valence-corrected chi connectivity index (χ0v) is 24.6. The van der Waals surface area contributed by atoms with Crippen molar-refractivity contribution < 1.29 is 21.7 Å². The number of rotatable bonds is 1. The van der Waals surface area contributed by atoms with Crippen LogP contribution >= 0.6 is 0 Å². The van der Waals surface area contributed by atoms with Crippen LogP contribution in [0.2, 0.25) is 0 Å². The highest BCUT2D eigenvalue weighted by Gasteiger charge is 2.28. The van der Waals surface area contributed by atoms with Gasteiger partial charge in [0.2, 0.25) is 0 Å². The topological polar surface area (TPSA) is 129 Å². The van der Waals surface area contributed by atoms with Gasteiger partial charge in [-0.15, -0.1) is 0 Å². The minimum absolute atomic E-state index is 0.0260. The third-order valence-electron chi connectivity index (χ3n) is 8.13. The minimum atomic E-state index is -2.67. The summed E-state index contributed by atoms with van der Waals surface area (Å²) in [4.78, 5) is 33.8. The zero-order chi connectivity index (χ0) is 31.3. The van der Waals surface area contributed by atoms with Gasteiger partial charge in [-0.05, 0) is 10.5 Å². The van der Waals surface area contributed by atoms with Crippen LogP contribution in [-0.4, -0.2) is 55.4 Å². The van der Waals surface area contributed by atoms with Crippen molar-refractivity contribution in [2.24, 2.45) is 0 Å². The van der Waals surface area contributed by atoms with Crippen LogP contribution in [0.15, 0.2) is 66.7 Å². The standard InChI is InChI=1S/C32H13F4N8.Al.O.H/c33-19-11-5-10-17-21(19)31-42-29(17)40-27-15-8-3-1-6-13(15)25(38-27)37-26-14-7-2-4-9-16(14)28(39-26)41-30-18-12-20(34)23(35)24(36)22(18)32(43-30)44-31;;;/h1-11H,(H2,37,38,39,40,41,42,43,44);;;. The second kappa shape index (κ2) is 9.72. The number of halogens is 4. The van der Waals surface area contributed by atoms with Crippen LogP contribution in [0.1, 0.15) is 0 Å². The first-order valence-electron chi connectivity index (χ1n) is 14.0. The molecule has 2 N–H and O–H groups in total. The van der Waals surface area contributed by atoms with Crippen molar-refractivity contribution in [2.45, 2.75) is 0 Å². The predicted molar refractivity (Wildman–Crippen MR) is 163 cm³/mol. The van der Waals surface area contributed by atoms with Gasteiger partial charge < -0.3 is 14.1 Å². The van der Waals surface area contributed by atoms with Crippen LogP contribution in [0, 0.1) is 23.3 Å². The third-order valence-corrected chi connectivity index (χ3v) is 9.08. The first-order chi connectivity index (χ1) is 22.4. The van der Waals surface area contributed by atoms with Crippen LogP contribution in [0.5, 0.6) is 0 Å². The van der Waals surface area contributed by atoms with E-state index in [1.165, 1.54) is 12.1 Å². The first-order valence-corrected chi connectivity index (χ1v) is 15.3. The normalized spacial score (nSPS) is 12.0. The van der Waals surface area contributed by atoms with Crippen LogP contribution in [0.25, 0.3) is 89.7 Å². The lowest BCUT2D eigenvalue weighted by Crippen LogP contribution is -2.21. The second-order valence-corrected chi connectivity index (χ2v) is 11.7. The number of benzene rings is 4. The summed E-state index contributed by atoms with van der Waals surface area (Å²) >= 11 is -2.67. The molecule has 2 aliphatic rings. The minimum Gasteiger partial charge on any atom is -0.399 e. The van der Waals surface area contributed by atoms with Crippen molar-refractivity contribution in [3.05, 3.63) is 90.0 Å². The second-order valence-electron chi connectivity index (χ2n) is 10.7. The van der Waals surface area contributed by atoms with Gasteiger partial charge in [0.05, 0.1) is 10.9 Å². The number of fused-ring (bicyclic) bond motifs is 20. The monoisotopic (exact) mass is 629 g/mol. The summed E-state index contributed by atoms with van der Waals surface area (Å²) in [6.45, 7) is 0. The summed E-state index contributed by atoms with van der Waals surface area (Å²) in [5, 5.41) is 0.686. The first kappa shape index (κ1) is 26.8. The lowest BCUT2D eigenvalue weighted by atomic mass is 10.1. The summed E-state index contributed by atoms with van der Waals surface area (Å²) in [5.41, 5.74) is 1.80. The van der Waals surface area contributed by atoms with Gasteiger partial charge in [-0.25, -0.2) is 47.5 Å². The average Bonchev–Trinajstić information content (AvgIpc) is 3.80. The van der Waals surface area contributed by atoms with E-state index in [0.717, 1.165) is 5.39 Å². The van der Waals surface area contributed by atoms with Crippen LogP contribution in [0.3, 0.4) is 0 Å². The van der Waals surface area contributed by atoms with Gasteiger partial charge in [0.15, 0.2) is 40.7 Å². The molecule has 8 bridgehead atoms. The third kappa shape index (κ3) is 3.72. The van der Waals surface area contributed by atoms with E-state index in [0.29, 0.717) is 39.2 Å². The number of hydrogen-bond acceptors (Lipinski definition) is 6. The molecule has 0 saturated heterocycles. The number of H-pyrrole nitrogens is 2. The maximum absolute atomic E-state index is 15.6. The van der Waals surface area contributed by atoms with E-state index in [1.54, 1.807) is 30.3 Å². The molecule has 0 aliphatic carbocycles. The molecule has 0 unspecified atom stereocenters. The van der Waals surface area contributed by atoms with Crippen LogP contribution in [0.4, 0.5) is 17.6 Å². The van der Waals surface area contributed by atoms with Gasteiger partial charge in [0.25, 0.3) is 0 Å². The Morgan fingerprint density at radius 1 is 0.500 bits per heavy atom. The number of aromatic nitrogens is 8. The van der Waals surface area contributed by atoms with Gasteiger partial charge in [-0.3, -0.25) is 0 Å². The van der Waals surface area contributed by atoms with E-state index >= 15 is 13.2 Å². The van der Waals surface area contributed by atoms with Crippen molar-refractivity contribution >= 4 is 64.1 Å². The summed E-state index contributed by atoms with van der Waals surface area (Å²) in [7, 11) is 0. The van der Waals surface area contributed by atoms with E-state index in [4.69, 9.17) is 9.97 Å². The Kier molecular flexibility index (Phi) is 5.67. The molecule has 2 aliphatic heterocycles. The molecule has 0 saturated carbocycles. The predicted octanol–water partition coefficient (Wildman–Crippen LogP) is 5.83. The maximum Gasteiger partial charge on any atom is 0.524 e. The van der Waals surface area contributed by atoms with Crippen LogP contribution < -0.4 is 4.43 Å². The summed E-state index contributed by atoms with van der Waals surface area (Å²) in [6.07, 6.45) is 0. The zero-order valence-electron chi connectivity index (χ0n) is 23.2. The van der Waals surface area contributed by atoms with Crippen molar-refractivity contribution in [3.8, 4) is 45.6 Å². The maximum atomic E-state index is 15.6. The molecule has 219 valence electrons. The highest BCUT2D eigenvalue weighted by atomic mass is 27.1. The number of hydrogen-bond donors (Lipinski definition) is 2. The van der Waals surface area contributed by atoms with E-state index in [2.05, 4.69) is 29.9 Å². The fourth-order valence-corrected chi connectivity index (χ4v) is 6.83. The van der Waals surface area contributed by atoms with Crippen molar-refractivity contribution in [1.29, 1.82) is 0 Å². The smallest absolute Gasteiger partial charge is 0.399 e. The Labute approximate surface area is 260 Å². The van der Waals surface area contributed by atoms with E-state index in [-0.39, 0.29) is 39.7 Å². The SMILES string of the molecule is [O][AlH][c]1c(F)c(F)c(F)c2c3nc4nc(nc5[nH]c(nc6nc(nc([nH]3)c12)-c1ccccc1-6)c1ccccc51)-c1cccc(F)c1-4. The highest BCUT2D eigenvalue weighted by molar-refractivity contribution is 6.51.